The standard InChI is InChI=1S/C9H12N2O4/c12-7-4-5-8(13)11(10-7)6-2-1-3-9(14)15/h4-5H,1-3,6H2,(H,10,12)(H,14,15). The van der Waals surface area contributed by atoms with E-state index in [4.69, 9.17) is 5.11 Å². The molecule has 0 saturated heterocycles. The topological polar surface area (TPSA) is 92.2 Å². The van der Waals surface area contributed by atoms with Gasteiger partial charge in [0.1, 0.15) is 0 Å². The highest BCUT2D eigenvalue weighted by molar-refractivity contribution is 5.66. The van der Waals surface area contributed by atoms with Gasteiger partial charge in [0, 0.05) is 25.1 Å². The van der Waals surface area contributed by atoms with Crippen LogP contribution in [0.2, 0.25) is 0 Å². The quantitative estimate of drug-likeness (QED) is 0.660. The van der Waals surface area contributed by atoms with Crippen LogP contribution in [0.25, 0.3) is 0 Å². The molecule has 15 heavy (non-hydrogen) atoms. The molecule has 1 rings (SSSR count). The van der Waals surface area contributed by atoms with E-state index in [1.165, 1.54) is 10.7 Å². The molecule has 0 unspecified atom stereocenters. The summed E-state index contributed by atoms with van der Waals surface area (Å²) in [5, 5.41) is 10.7. The summed E-state index contributed by atoms with van der Waals surface area (Å²) in [5.41, 5.74) is -0.627. The Morgan fingerprint density at radius 2 is 2.07 bits per heavy atom. The average Bonchev–Trinajstić information content (AvgIpc) is 2.17. The predicted octanol–water partition coefficient (Wildman–Crippen LogP) is -0.209. The third-order valence-corrected chi connectivity index (χ3v) is 1.91. The van der Waals surface area contributed by atoms with Gasteiger partial charge in [0.25, 0.3) is 11.1 Å². The summed E-state index contributed by atoms with van der Waals surface area (Å²) in [7, 11) is 0. The Morgan fingerprint density at radius 3 is 2.73 bits per heavy atom. The van der Waals surface area contributed by atoms with Gasteiger partial charge in [-0.1, -0.05) is 0 Å². The predicted molar refractivity (Wildman–Crippen MR) is 52.8 cm³/mol. The van der Waals surface area contributed by atoms with Crippen molar-refractivity contribution in [3.63, 3.8) is 0 Å². The molecular weight excluding hydrogens is 200 g/mol. The highest BCUT2D eigenvalue weighted by atomic mass is 16.4. The van der Waals surface area contributed by atoms with E-state index in [1.807, 2.05) is 0 Å². The zero-order chi connectivity index (χ0) is 11.3. The van der Waals surface area contributed by atoms with Crippen LogP contribution in [-0.4, -0.2) is 20.9 Å². The molecule has 1 aromatic rings. The van der Waals surface area contributed by atoms with Crippen LogP contribution in [0.3, 0.4) is 0 Å². The number of aryl methyl sites for hydroxylation is 1. The fraction of sp³-hybridized carbons (Fsp3) is 0.444. The summed E-state index contributed by atoms with van der Waals surface area (Å²) in [6.45, 7) is 0.336. The van der Waals surface area contributed by atoms with Crippen molar-refractivity contribution in [3.05, 3.63) is 32.8 Å². The lowest BCUT2D eigenvalue weighted by atomic mass is 10.2. The van der Waals surface area contributed by atoms with Crippen LogP contribution in [0.1, 0.15) is 19.3 Å². The Bertz CT molecular complexity index is 446. The van der Waals surface area contributed by atoms with Crippen molar-refractivity contribution in [2.45, 2.75) is 25.8 Å². The fourth-order valence-electron chi connectivity index (χ4n) is 1.17. The normalized spacial score (nSPS) is 10.1. The number of aromatic amines is 1. The molecule has 0 bridgehead atoms. The van der Waals surface area contributed by atoms with Gasteiger partial charge in [0.2, 0.25) is 0 Å². The molecule has 0 spiro atoms. The number of hydrogen-bond acceptors (Lipinski definition) is 3. The molecule has 0 atom stereocenters. The lowest BCUT2D eigenvalue weighted by Crippen LogP contribution is -2.27. The van der Waals surface area contributed by atoms with Crippen molar-refractivity contribution in [1.82, 2.24) is 9.78 Å². The van der Waals surface area contributed by atoms with Crippen molar-refractivity contribution < 1.29 is 9.90 Å². The van der Waals surface area contributed by atoms with E-state index in [0.29, 0.717) is 19.4 Å². The first-order valence-electron chi connectivity index (χ1n) is 4.61. The van der Waals surface area contributed by atoms with Gasteiger partial charge >= 0.3 is 5.97 Å². The van der Waals surface area contributed by atoms with Crippen molar-refractivity contribution in [1.29, 1.82) is 0 Å². The van der Waals surface area contributed by atoms with Gasteiger partial charge in [-0.25, -0.2) is 0 Å². The first-order chi connectivity index (χ1) is 7.09. The summed E-state index contributed by atoms with van der Waals surface area (Å²) in [6, 6.07) is 2.35. The number of aliphatic carboxylic acids is 1. The molecule has 0 fully saturated rings. The van der Waals surface area contributed by atoms with Crippen LogP contribution in [0.15, 0.2) is 21.7 Å². The van der Waals surface area contributed by atoms with Crippen molar-refractivity contribution >= 4 is 5.97 Å². The van der Waals surface area contributed by atoms with Gasteiger partial charge in [-0.2, -0.15) is 0 Å². The molecule has 0 aromatic carbocycles. The molecule has 0 saturated carbocycles. The molecule has 0 aliphatic carbocycles. The highest BCUT2D eigenvalue weighted by Crippen LogP contribution is 1.95. The number of H-pyrrole nitrogens is 1. The van der Waals surface area contributed by atoms with Gasteiger partial charge in [-0.15, -0.1) is 0 Å². The largest absolute Gasteiger partial charge is 0.481 e. The molecule has 0 aliphatic heterocycles. The van der Waals surface area contributed by atoms with Crippen LogP contribution in [0.4, 0.5) is 0 Å². The summed E-state index contributed by atoms with van der Waals surface area (Å²) in [5.74, 6) is -0.857. The molecular formula is C9H12N2O4. The van der Waals surface area contributed by atoms with Crippen molar-refractivity contribution in [2.24, 2.45) is 0 Å². The maximum Gasteiger partial charge on any atom is 0.303 e. The molecule has 0 radical (unpaired) electrons. The Hall–Kier alpha value is -1.85. The SMILES string of the molecule is O=C(O)CCCCn1[nH]c(=O)ccc1=O. The van der Waals surface area contributed by atoms with E-state index in [1.54, 1.807) is 0 Å². The fourth-order valence-corrected chi connectivity index (χ4v) is 1.17. The molecule has 6 nitrogen and oxygen atoms in total. The molecule has 82 valence electrons. The minimum atomic E-state index is -0.857. The van der Waals surface area contributed by atoms with Crippen molar-refractivity contribution in [2.75, 3.05) is 0 Å². The minimum Gasteiger partial charge on any atom is -0.481 e. The third kappa shape index (κ3) is 3.80. The number of nitrogens with zero attached hydrogens (tertiary/aromatic N) is 1. The number of aromatic nitrogens is 2. The van der Waals surface area contributed by atoms with Crippen LogP contribution < -0.4 is 11.1 Å². The zero-order valence-corrected chi connectivity index (χ0v) is 8.10. The van der Waals surface area contributed by atoms with Gasteiger partial charge in [-0.3, -0.25) is 24.2 Å². The second-order valence-corrected chi connectivity index (χ2v) is 3.15. The van der Waals surface area contributed by atoms with E-state index in [2.05, 4.69) is 5.10 Å². The molecule has 2 N–H and O–H groups in total. The Labute approximate surface area is 85.2 Å². The number of rotatable bonds is 5. The summed E-state index contributed by atoms with van der Waals surface area (Å²) in [4.78, 5) is 32.3. The summed E-state index contributed by atoms with van der Waals surface area (Å²) < 4.78 is 1.18. The van der Waals surface area contributed by atoms with E-state index in [-0.39, 0.29) is 17.5 Å². The molecule has 1 heterocycles. The molecule has 0 aliphatic rings. The Morgan fingerprint density at radius 1 is 1.33 bits per heavy atom. The van der Waals surface area contributed by atoms with E-state index in [9.17, 15) is 14.4 Å². The van der Waals surface area contributed by atoms with Crippen LogP contribution >= 0.6 is 0 Å². The van der Waals surface area contributed by atoms with E-state index < -0.39 is 5.97 Å². The molecule has 0 amide bonds. The second-order valence-electron chi connectivity index (χ2n) is 3.15. The number of carbonyl (C=O) groups is 1. The van der Waals surface area contributed by atoms with E-state index in [0.717, 1.165) is 6.07 Å². The third-order valence-electron chi connectivity index (χ3n) is 1.91. The van der Waals surface area contributed by atoms with Gasteiger partial charge in [0.15, 0.2) is 0 Å². The number of hydrogen-bond donors (Lipinski definition) is 2. The van der Waals surface area contributed by atoms with Crippen LogP contribution in [0, 0.1) is 0 Å². The van der Waals surface area contributed by atoms with Crippen LogP contribution in [0.5, 0.6) is 0 Å². The number of unbranched alkanes of at least 4 members (excludes halogenated alkanes) is 1. The lowest BCUT2D eigenvalue weighted by Gasteiger charge is -2.02. The maximum absolute atomic E-state index is 11.2. The summed E-state index contributed by atoms with van der Waals surface area (Å²) in [6.07, 6.45) is 1.11. The molecule has 1 aromatic heterocycles. The number of nitrogens with one attached hydrogen (secondary N) is 1. The zero-order valence-electron chi connectivity index (χ0n) is 8.10. The number of carboxylic acid groups (broad SMARTS) is 1. The maximum atomic E-state index is 11.2. The first kappa shape index (κ1) is 11.2. The van der Waals surface area contributed by atoms with Crippen LogP contribution in [-0.2, 0) is 11.3 Å². The Kier molecular flexibility index (Phi) is 3.84. The van der Waals surface area contributed by atoms with Gasteiger partial charge in [-0.05, 0) is 12.8 Å². The average molecular weight is 212 g/mol. The first-order valence-corrected chi connectivity index (χ1v) is 4.61. The molecule has 6 heteroatoms. The van der Waals surface area contributed by atoms with Crippen molar-refractivity contribution in [3.8, 4) is 0 Å². The smallest absolute Gasteiger partial charge is 0.303 e. The Balaban J connectivity index is 2.50. The summed E-state index contributed by atoms with van der Waals surface area (Å²) >= 11 is 0. The monoisotopic (exact) mass is 212 g/mol. The minimum absolute atomic E-state index is 0.0752. The number of carboxylic acids is 1. The second kappa shape index (κ2) is 5.14. The highest BCUT2D eigenvalue weighted by Gasteiger charge is 1.99. The van der Waals surface area contributed by atoms with E-state index >= 15 is 0 Å². The lowest BCUT2D eigenvalue weighted by molar-refractivity contribution is -0.137. The van der Waals surface area contributed by atoms with Gasteiger partial charge < -0.3 is 5.11 Å². The van der Waals surface area contributed by atoms with Gasteiger partial charge in [0.05, 0.1) is 0 Å².